The van der Waals surface area contributed by atoms with E-state index in [1.54, 1.807) is 30.3 Å². The zero-order valence-corrected chi connectivity index (χ0v) is 12.0. The number of amides is 1. The second-order valence-corrected chi connectivity index (χ2v) is 6.21. The fourth-order valence-corrected chi connectivity index (χ4v) is 2.16. The molecule has 1 heterocycles. The summed E-state index contributed by atoms with van der Waals surface area (Å²) in [5.41, 5.74) is 1.20. The van der Waals surface area contributed by atoms with Gasteiger partial charge in [-0.2, -0.15) is 0 Å². The molecule has 0 fully saturated rings. The van der Waals surface area contributed by atoms with Crippen molar-refractivity contribution in [3.63, 3.8) is 0 Å². The van der Waals surface area contributed by atoms with Crippen LogP contribution in [0.4, 0.5) is 0 Å². The maximum absolute atomic E-state index is 11.3. The summed E-state index contributed by atoms with van der Waals surface area (Å²) in [4.78, 5) is 17.5. The van der Waals surface area contributed by atoms with Crippen LogP contribution in [0.5, 0.6) is 0 Å². The van der Waals surface area contributed by atoms with Crippen LogP contribution in [-0.2, 0) is 16.8 Å². The SMILES string of the molecule is CN(C)C(=O)CNCc1nc(C(C)(C)C)cs1. The molecule has 1 rings (SSSR count). The predicted octanol–water partition coefficient (Wildman–Crippen LogP) is 1.62. The molecule has 0 aromatic carbocycles. The summed E-state index contributed by atoms with van der Waals surface area (Å²) in [5.74, 6) is 0.0811. The smallest absolute Gasteiger partial charge is 0.236 e. The van der Waals surface area contributed by atoms with E-state index in [9.17, 15) is 4.79 Å². The summed E-state index contributed by atoms with van der Waals surface area (Å²) in [5, 5.41) is 6.22. The molecule has 0 saturated carbocycles. The maximum atomic E-state index is 11.3. The van der Waals surface area contributed by atoms with Crippen LogP contribution in [0.15, 0.2) is 5.38 Å². The molecule has 0 aliphatic carbocycles. The Kier molecular flexibility index (Phi) is 4.65. The average Bonchev–Trinajstić information content (AvgIpc) is 2.65. The van der Waals surface area contributed by atoms with Gasteiger partial charge >= 0.3 is 0 Å². The molecule has 0 unspecified atom stereocenters. The fourth-order valence-electron chi connectivity index (χ4n) is 1.17. The molecule has 1 aromatic heterocycles. The largest absolute Gasteiger partial charge is 0.348 e. The molecule has 1 amide bonds. The van der Waals surface area contributed by atoms with Crippen molar-refractivity contribution in [1.82, 2.24) is 15.2 Å². The fraction of sp³-hybridized carbons (Fsp3) is 0.667. The molecule has 0 spiro atoms. The van der Waals surface area contributed by atoms with Crippen LogP contribution in [0.1, 0.15) is 31.5 Å². The molecule has 1 N–H and O–H groups in total. The van der Waals surface area contributed by atoms with E-state index in [0.717, 1.165) is 10.7 Å². The number of rotatable bonds is 4. The molecule has 0 radical (unpaired) electrons. The minimum Gasteiger partial charge on any atom is -0.348 e. The van der Waals surface area contributed by atoms with Crippen LogP contribution in [0.25, 0.3) is 0 Å². The van der Waals surface area contributed by atoms with Gasteiger partial charge in [0.05, 0.1) is 12.2 Å². The van der Waals surface area contributed by atoms with Crippen molar-refractivity contribution in [2.75, 3.05) is 20.6 Å². The van der Waals surface area contributed by atoms with E-state index < -0.39 is 0 Å². The molecule has 4 nitrogen and oxygen atoms in total. The Balaban J connectivity index is 2.43. The lowest BCUT2D eigenvalue weighted by molar-refractivity contribution is -0.127. The molecule has 0 saturated heterocycles. The first-order chi connectivity index (χ1) is 7.80. The Morgan fingerprint density at radius 1 is 1.47 bits per heavy atom. The van der Waals surface area contributed by atoms with Gasteiger partial charge in [0, 0.05) is 31.4 Å². The minimum absolute atomic E-state index is 0.0811. The van der Waals surface area contributed by atoms with Crippen LogP contribution in [0, 0.1) is 0 Å². The summed E-state index contributed by atoms with van der Waals surface area (Å²) in [6.45, 7) is 7.45. The van der Waals surface area contributed by atoms with Crippen molar-refractivity contribution in [1.29, 1.82) is 0 Å². The van der Waals surface area contributed by atoms with Crippen LogP contribution in [-0.4, -0.2) is 36.4 Å². The summed E-state index contributed by atoms with van der Waals surface area (Å²) in [6.07, 6.45) is 0. The molecular formula is C12H21N3OS. The van der Waals surface area contributed by atoms with Gasteiger partial charge in [-0.3, -0.25) is 4.79 Å². The number of thiazole rings is 1. The monoisotopic (exact) mass is 255 g/mol. The van der Waals surface area contributed by atoms with Gasteiger partial charge in [-0.25, -0.2) is 4.98 Å². The Morgan fingerprint density at radius 2 is 2.12 bits per heavy atom. The van der Waals surface area contributed by atoms with Crippen LogP contribution >= 0.6 is 11.3 Å². The lowest BCUT2D eigenvalue weighted by atomic mass is 9.93. The highest BCUT2D eigenvalue weighted by atomic mass is 32.1. The van der Waals surface area contributed by atoms with Crippen LogP contribution in [0.2, 0.25) is 0 Å². The van der Waals surface area contributed by atoms with Crippen molar-refractivity contribution in [3.05, 3.63) is 16.1 Å². The van der Waals surface area contributed by atoms with E-state index in [4.69, 9.17) is 0 Å². The van der Waals surface area contributed by atoms with Gasteiger partial charge in [-0.05, 0) is 0 Å². The summed E-state index contributed by atoms with van der Waals surface area (Å²) >= 11 is 1.64. The van der Waals surface area contributed by atoms with Gasteiger partial charge in [0.2, 0.25) is 5.91 Å². The number of nitrogens with zero attached hydrogens (tertiary/aromatic N) is 2. The summed E-state index contributed by atoms with van der Waals surface area (Å²) in [6, 6.07) is 0. The number of likely N-dealkylation sites (N-methyl/N-ethyl adjacent to an activating group) is 1. The first-order valence-corrected chi connectivity index (χ1v) is 6.54. The van der Waals surface area contributed by atoms with E-state index in [2.05, 4.69) is 36.5 Å². The predicted molar refractivity (Wildman–Crippen MR) is 71.2 cm³/mol. The standard InChI is InChI=1S/C12H21N3OS/c1-12(2,3)9-8-17-10(14-9)6-13-7-11(16)15(4)5/h8,13H,6-7H2,1-5H3. The first-order valence-electron chi connectivity index (χ1n) is 5.66. The number of carbonyl (C=O) groups excluding carboxylic acids is 1. The molecule has 1 aromatic rings. The highest BCUT2D eigenvalue weighted by Crippen LogP contribution is 2.23. The topological polar surface area (TPSA) is 45.2 Å². The van der Waals surface area contributed by atoms with Gasteiger partial charge in [0.15, 0.2) is 0 Å². The van der Waals surface area contributed by atoms with Crippen LogP contribution < -0.4 is 5.32 Å². The highest BCUT2D eigenvalue weighted by Gasteiger charge is 2.17. The number of nitrogens with one attached hydrogen (secondary N) is 1. The van der Waals surface area contributed by atoms with Gasteiger partial charge in [-0.1, -0.05) is 20.8 Å². The van der Waals surface area contributed by atoms with E-state index >= 15 is 0 Å². The minimum atomic E-state index is 0.0811. The quantitative estimate of drug-likeness (QED) is 0.889. The Bertz CT molecular complexity index is 379. The zero-order chi connectivity index (χ0) is 13.1. The van der Waals surface area contributed by atoms with E-state index in [-0.39, 0.29) is 11.3 Å². The third kappa shape index (κ3) is 4.44. The maximum Gasteiger partial charge on any atom is 0.236 e. The lowest BCUT2D eigenvalue weighted by Gasteiger charge is -2.14. The lowest BCUT2D eigenvalue weighted by Crippen LogP contribution is -2.32. The molecular weight excluding hydrogens is 234 g/mol. The summed E-state index contributed by atoms with van der Waals surface area (Å²) in [7, 11) is 3.51. The number of carbonyl (C=O) groups is 1. The second kappa shape index (κ2) is 5.60. The second-order valence-electron chi connectivity index (χ2n) is 5.27. The first kappa shape index (κ1) is 14.1. The van der Waals surface area contributed by atoms with Gasteiger partial charge in [0.25, 0.3) is 0 Å². The molecule has 0 aliphatic rings. The third-order valence-electron chi connectivity index (χ3n) is 2.37. The molecule has 0 atom stereocenters. The molecule has 0 bridgehead atoms. The number of aromatic nitrogens is 1. The van der Waals surface area contributed by atoms with Crippen molar-refractivity contribution in [2.45, 2.75) is 32.7 Å². The van der Waals surface area contributed by atoms with Crippen molar-refractivity contribution < 1.29 is 4.79 Å². The van der Waals surface area contributed by atoms with E-state index in [1.165, 1.54) is 0 Å². The molecule has 5 heteroatoms. The van der Waals surface area contributed by atoms with E-state index in [0.29, 0.717) is 13.1 Å². The van der Waals surface area contributed by atoms with Gasteiger partial charge in [0.1, 0.15) is 5.01 Å². The Hall–Kier alpha value is -0.940. The van der Waals surface area contributed by atoms with Crippen molar-refractivity contribution >= 4 is 17.2 Å². The third-order valence-corrected chi connectivity index (χ3v) is 3.22. The van der Waals surface area contributed by atoms with Gasteiger partial charge < -0.3 is 10.2 Å². The average molecular weight is 255 g/mol. The molecule has 17 heavy (non-hydrogen) atoms. The Labute approximate surface area is 107 Å². The Morgan fingerprint density at radius 3 is 2.59 bits per heavy atom. The number of hydrogen-bond donors (Lipinski definition) is 1. The van der Waals surface area contributed by atoms with Crippen molar-refractivity contribution in [3.8, 4) is 0 Å². The summed E-state index contributed by atoms with van der Waals surface area (Å²) < 4.78 is 0. The van der Waals surface area contributed by atoms with Gasteiger partial charge in [-0.15, -0.1) is 11.3 Å². The van der Waals surface area contributed by atoms with E-state index in [1.807, 2.05) is 0 Å². The number of hydrogen-bond acceptors (Lipinski definition) is 4. The highest BCUT2D eigenvalue weighted by molar-refractivity contribution is 7.09. The van der Waals surface area contributed by atoms with Crippen LogP contribution in [0.3, 0.4) is 0 Å². The zero-order valence-electron chi connectivity index (χ0n) is 11.2. The normalized spacial score (nSPS) is 11.6. The molecule has 0 aliphatic heterocycles. The van der Waals surface area contributed by atoms with Crippen molar-refractivity contribution in [2.24, 2.45) is 0 Å². The molecule has 96 valence electrons.